The van der Waals surface area contributed by atoms with Crippen LogP contribution < -0.4 is 5.43 Å². The van der Waals surface area contributed by atoms with Gasteiger partial charge in [-0.1, -0.05) is 23.2 Å². The highest BCUT2D eigenvalue weighted by atomic mass is 79.9. The molecule has 3 aromatic rings. The van der Waals surface area contributed by atoms with Gasteiger partial charge in [0, 0.05) is 27.7 Å². The van der Waals surface area contributed by atoms with E-state index in [-0.39, 0.29) is 10.7 Å². The second-order valence-corrected chi connectivity index (χ2v) is 7.12. The number of hydrogen-bond donors (Lipinski definition) is 1. The maximum atomic E-state index is 12.0. The van der Waals surface area contributed by atoms with Crippen LogP contribution in [0.3, 0.4) is 0 Å². The molecule has 1 heterocycles. The van der Waals surface area contributed by atoms with Gasteiger partial charge in [-0.3, -0.25) is 14.9 Å². The van der Waals surface area contributed by atoms with Gasteiger partial charge in [0.05, 0.1) is 21.2 Å². The van der Waals surface area contributed by atoms with E-state index in [0.29, 0.717) is 32.1 Å². The van der Waals surface area contributed by atoms with Gasteiger partial charge in [0.1, 0.15) is 11.5 Å². The predicted molar refractivity (Wildman–Crippen MR) is 110 cm³/mol. The van der Waals surface area contributed by atoms with Gasteiger partial charge in [-0.2, -0.15) is 5.10 Å². The number of benzene rings is 2. The van der Waals surface area contributed by atoms with Crippen molar-refractivity contribution >= 4 is 56.9 Å². The van der Waals surface area contributed by atoms with Crippen LogP contribution in [-0.2, 0) is 0 Å². The summed E-state index contributed by atoms with van der Waals surface area (Å²) in [5, 5.41) is 15.3. The number of nitrogens with one attached hydrogen (secondary N) is 1. The van der Waals surface area contributed by atoms with Gasteiger partial charge >= 0.3 is 0 Å². The minimum absolute atomic E-state index is 0.0333. The van der Waals surface area contributed by atoms with Gasteiger partial charge in [0.15, 0.2) is 0 Å². The van der Waals surface area contributed by atoms with E-state index >= 15 is 0 Å². The Bertz CT molecular complexity index is 1100. The zero-order chi connectivity index (χ0) is 20.3. The molecule has 142 valence electrons. The molecule has 2 aromatic carbocycles. The Hall–Kier alpha value is -2.68. The van der Waals surface area contributed by atoms with E-state index < -0.39 is 10.8 Å². The molecule has 0 radical (unpaired) electrons. The summed E-state index contributed by atoms with van der Waals surface area (Å²) in [4.78, 5) is 22.4. The van der Waals surface area contributed by atoms with Crippen LogP contribution in [0.1, 0.15) is 16.1 Å². The third kappa shape index (κ3) is 4.59. The fourth-order valence-corrected chi connectivity index (χ4v) is 3.10. The fraction of sp³-hybridized carbons (Fsp3) is 0. The topological polar surface area (TPSA) is 97.7 Å². The first-order valence-corrected chi connectivity index (χ1v) is 9.22. The number of hydrazone groups is 1. The molecule has 28 heavy (non-hydrogen) atoms. The molecule has 1 aromatic heterocycles. The van der Waals surface area contributed by atoms with Crippen LogP contribution in [-0.4, -0.2) is 17.0 Å². The predicted octanol–water partition coefficient (Wildman–Crippen LogP) is 5.69. The maximum Gasteiger partial charge on any atom is 0.271 e. The van der Waals surface area contributed by atoms with Crippen LogP contribution in [0.5, 0.6) is 0 Å². The van der Waals surface area contributed by atoms with Crippen LogP contribution in [0.2, 0.25) is 10.0 Å². The summed E-state index contributed by atoms with van der Waals surface area (Å²) in [6.45, 7) is 0. The third-order valence-corrected chi connectivity index (χ3v) is 4.99. The van der Waals surface area contributed by atoms with Crippen molar-refractivity contribution in [3.05, 3.63) is 84.5 Å². The van der Waals surface area contributed by atoms with Gasteiger partial charge in [-0.25, -0.2) is 5.43 Å². The Balaban J connectivity index is 1.70. The zero-order valence-electron chi connectivity index (χ0n) is 13.9. The molecular weight excluding hydrogens is 473 g/mol. The molecule has 1 N–H and O–H groups in total. The molecule has 7 nitrogen and oxygen atoms in total. The van der Waals surface area contributed by atoms with E-state index in [1.165, 1.54) is 36.5 Å². The highest BCUT2D eigenvalue weighted by molar-refractivity contribution is 9.10. The van der Waals surface area contributed by atoms with E-state index in [9.17, 15) is 14.9 Å². The quantitative estimate of drug-likeness (QED) is 0.287. The second-order valence-electron chi connectivity index (χ2n) is 5.45. The highest BCUT2D eigenvalue weighted by Crippen LogP contribution is 2.32. The van der Waals surface area contributed by atoms with Gasteiger partial charge in [-0.15, -0.1) is 0 Å². The minimum Gasteiger partial charge on any atom is -0.455 e. The van der Waals surface area contributed by atoms with Gasteiger partial charge in [0.2, 0.25) is 0 Å². The van der Waals surface area contributed by atoms with Gasteiger partial charge in [0.25, 0.3) is 11.6 Å². The first kappa shape index (κ1) is 20.1. The maximum absolute atomic E-state index is 12.0. The Morgan fingerprint density at radius 1 is 1.14 bits per heavy atom. The lowest BCUT2D eigenvalue weighted by Gasteiger charge is -2.01. The number of hydrogen-bond acceptors (Lipinski definition) is 5. The molecule has 0 atom stereocenters. The van der Waals surface area contributed by atoms with Crippen LogP contribution in [0.15, 0.2) is 62.5 Å². The molecule has 10 heteroatoms. The number of nitrogens with zero attached hydrogens (tertiary/aromatic N) is 2. The molecule has 0 saturated heterocycles. The van der Waals surface area contributed by atoms with Crippen molar-refractivity contribution in [3.63, 3.8) is 0 Å². The van der Waals surface area contributed by atoms with Crippen LogP contribution in [0, 0.1) is 10.1 Å². The Morgan fingerprint density at radius 3 is 2.61 bits per heavy atom. The summed E-state index contributed by atoms with van der Waals surface area (Å²) in [5.74, 6) is 0.411. The zero-order valence-corrected chi connectivity index (χ0v) is 17.0. The average molecular weight is 483 g/mol. The largest absolute Gasteiger partial charge is 0.455 e. The van der Waals surface area contributed by atoms with Crippen molar-refractivity contribution in [1.29, 1.82) is 0 Å². The molecule has 0 saturated carbocycles. The lowest BCUT2D eigenvalue weighted by atomic mass is 10.1. The van der Waals surface area contributed by atoms with Crippen molar-refractivity contribution in [2.75, 3.05) is 0 Å². The van der Waals surface area contributed by atoms with Crippen molar-refractivity contribution in [2.45, 2.75) is 0 Å². The van der Waals surface area contributed by atoms with Crippen molar-refractivity contribution in [2.24, 2.45) is 5.10 Å². The third-order valence-electron chi connectivity index (χ3n) is 3.60. The summed E-state index contributed by atoms with van der Waals surface area (Å²) >= 11 is 15.0. The first-order chi connectivity index (χ1) is 13.3. The highest BCUT2D eigenvalue weighted by Gasteiger charge is 2.13. The van der Waals surface area contributed by atoms with E-state index in [4.69, 9.17) is 27.6 Å². The van der Waals surface area contributed by atoms with Gasteiger partial charge < -0.3 is 4.42 Å². The number of rotatable bonds is 5. The SMILES string of the molecule is O=C(N/N=C/c1ccc(-c2ccc([N+](=O)[O-])cc2Br)o1)c1ccc(Cl)c(Cl)c1. The molecule has 0 aliphatic carbocycles. The number of amides is 1. The van der Waals surface area contributed by atoms with Crippen molar-refractivity contribution < 1.29 is 14.1 Å². The smallest absolute Gasteiger partial charge is 0.271 e. The number of non-ortho nitro benzene ring substituents is 1. The number of carbonyl (C=O) groups is 1. The lowest BCUT2D eigenvalue weighted by molar-refractivity contribution is -0.384. The van der Waals surface area contributed by atoms with Crippen LogP contribution in [0.4, 0.5) is 5.69 Å². The molecule has 0 aliphatic heterocycles. The first-order valence-electron chi connectivity index (χ1n) is 7.68. The van der Waals surface area contributed by atoms with Crippen LogP contribution in [0.25, 0.3) is 11.3 Å². The Morgan fingerprint density at radius 2 is 1.93 bits per heavy atom. The van der Waals surface area contributed by atoms with E-state index in [1.807, 2.05) is 0 Å². The molecule has 0 unspecified atom stereocenters. The Kier molecular flexibility index (Phi) is 6.13. The summed E-state index contributed by atoms with van der Waals surface area (Å²) in [6.07, 6.45) is 1.33. The minimum atomic E-state index is -0.481. The van der Waals surface area contributed by atoms with Gasteiger partial charge in [-0.05, 0) is 52.3 Å². The summed E-state index contributed by atoms with van der Waals surface area (Å²) in [7, 11) is 0. The number of nitro benzene ring substituents is 1. The van der Waals surface area contributed by atoms with Crippen LogP contribution >= 0.6 is 39.1 Å². The summed E-state index contributed by atoms with van der Waals surface area (Å²) in [5.41, 5.74) is 3.28. The number of carbonyl (C=O) groups excluding carboxylic acids is 1. The Labute approximate surface area is 177 Å². The summed E-state index contributed by atoms with van der Waals surface area (Å²) < 4.78 is 6.16. The number of halogens is 3. The van der Waals surface area contributed by atoms with E-state index in [2.05, 4.69) is 26.5 Å². The molecule has 3 rings (SSSR count). The number of nitro groups is 1. The molecule has 0 fully saturated rings. The average Bonchev–Trinajstić information content (AvgIpc) is 3.12. The van der Waals surface area contributed by atoms with E-state index in [0.717, 1.165) is 0 Å². The molecule has 0 spiro atoms. The lowest BCUT2D eigenvalue weighted by Crippen LogP contribution is -2.17. The standard InChI is InChI=1S/C18H10BrCl2N3O4/c19-14-8-11(24(26)27)2-4-13(14)17-6-3-12(28-17)9-22-23-18(25)10-1-5-15(20)16(21)7-10/h1-9H,(H,23,25)/b22-9+. The summed E-state index contributed by atoms with van der Waals surface area (Å²) in [6, 6.07) is 12.2. The monoisotopic (exact) mass is 481 g/mol. The van der Waals surface area contributed by atoms with Crippen molar-refractivity contribution in [1.82, 2.24) is 5.43 Å². The molecular formula is C18H10BrCl2N3O4. The normalized spacial score (nSPS) is 11.0. The molecule has 0 bridgehead atoms. The molecule has 1 amide bonds. The van der Waals surface area contributed by atoms with Crippen molar-refractivity contribution in [3.8, 4) is 11.3 Å². The number of furan rings is 1. The van der Waals surface area contributed by atoms with E-state index in [1.54, 1.807) is 18.2 Å². The fourth-order valence-electron chi connectivity index (χ4n) is 2.24. The second kappa shape index (κ2) is 8.55. The molecule has 0 aliphatic rings.